The highest BCUT2D eigenvalue weighted by atomic mass is 32.1. The van der Waals surface area contributed by atoms with Crippen LogP contribution in [0, 0.1) is 5.92 Å². The molecule has 0 spiro atoms. The summed E-state index contributed by atoms with van der Waals surface area (Å²) in [5.74, 6) is 0.722. The van der Waals surface area contributed by atoms with Crippen molar-refractivity contribution in [3.63, 3.8) is 0 Å². The zero-order valence-electron chi connectivity index (χ0n) is 9.29. The summed E-state index contributed by atoms with van der Waals surface area (Å²) < 4.78 is 0. The Balaban J connectivity index is 2.32. The van der Waals surface area contributed by atoms with Crippen LogP contribution in [0.5, 0.6) is 0 Å². The van der Waals surface area contributed by atoms with Gasteiger partial charge in [0.05, 0.1) is 11.2 Å². The van der Waals surface area contributed by atoms with Crippen LogP contribution in [0.3, 0.4) is 0 Å². The highest BCUT2D eigenvalue weighted by Crippen LogP contribution is 2.11. The minimum atomic E-state index is 0.583. The molecular weight excluding hydrogens is 192 g/mol. The first-order valence-corrected chi connectivity index (χ1v) is 6.27. The maximum atomic E-state index is 4.32. The van der Waals surface area contributed by atoms with Gasteiger partial charge in [0, 0.05) is 11.4 Å². The zero-order valence-corrected chi connectivity index (χ0v) is 10.1. The van der Waals surface area contributed by atoms with Gasteiger partial charge in [-0.3, -0.25) is 0 Å². The van der Waals surface area contributed by atoms with Gasteiger partial charge >= 0.3 is 0 Å². The molecule has 0 aliphatic carbocycles. The third-order valence-corrected chi connectivity index (χ3v) is 3.01. The van der Waals surface area contributed by atoms with E-state index in [4.69, 9.17) is 0 Å². The summed E-state index contributed by atoms with van der Waals surface area (Å²) in [6.45, 7) is 7.73. The fraction of sp³-hybridized carbons (Fsp3) is 0.727. The molecule has 0 aliphatic heterocycles. The van der Waals surface area contributed by atoms with Crippen molar-refractivity contribution in [2.75, 3.05) is 6.54 Å². The van der Waals surface area contributed by atoms with Crippen LogP contribution in [0.4, 0.5) is 0 Å². The Bertz CT molecular complexity index is 231. The van der Waals surface area contributed by atoms with Gasteiger partial charge in [0.2, 0.25) is 0 Å². The lowest BCUT2D eigenvalue weighted by Crippen LogP contribution is -2.29. The Labute approximate surface area is 90.8 Å². The van der Waals surface area contributed by atoms with Gasteiger partial charge in [0.15, 0.2) is 0 Å². The van der Waals surface area contributed by atoms with Crippen LogP contribution in [0.2, 0.25) is 0 Å². The number of nitrogens with zero attached hydrogens (tertiary/aromatic N) is 1. The van der Waals surface area contributed by atoms with Crippen molar-refractivity contribution in [2.24, 2.45) is 5.92 Å². The van der Waals surface area contributed by atoms with Gasteiger partial charge in [-0.05, 0) is 18.9 Å². The zero-order chi connectivity index (χ0) is 10.4. The summed E-state index contributed by atoms with van der Waals surface area (Å²) in [7, 11) is 0. The average molecular weight is 212 g/mol. The molecule has 1 rings (SSSR count). The smallest absolute Gasteiger partial charge is 0.0794 e. The van der Waals surface area contributed by atoms with E-state index in [1.165, 1.54) is 12.1 Å². The van der Waals surface area contributed by atoms with E-state index in [2.05, 4.69) is 36.5 Å². The number of nitrogens with one attached hydrogen (secondary N) is 1. The fourth-order valence-corrected chi connectivity index (χ4v) is 1.97. The maximum Gasteiger partial charge on any atom is 0.0794 e. The van der Waals surface area contributed by atoms with Crippen LogP contribution in [-0.2, 0) is 6.42 Å². The third-order valence-electron chi connectivity index (χ3n) is 2.37. The molecule has 0 saturated carbocycles. The monoisotopic (exact) mass is 212 g/mol. The molecule has 80 valence electrons. The van der Waals surface area contributed by atoms with E-state index in [0.717, 1.165) is 18.9 Å². The second-order valence-electron chi connectivity index (χ2n) is 4.02. The molecule has 0 amide bonds. The number of hydrogen-bond acceptors (Lipinski definition) is 3. The molecule has 2 nitrogen and oxygen atoms in total. The molecular formula is C11H20N2S. The summed E-state index contributed by atoms with van der Waals surface area (Å²) in [4.78, 5) is 4.32. The highest BCUT2D eigenvalue weighted by molar-refractivity contribution is 7.07. The molecule has 3 heteroatoms. The van der Waals surface area contributed by atoms with Crippen LogP contribution in [0.1, 0.15) is 32.9 Å². The van der Waals surface area contributed by atoms with E-state index in [9.17, 15) is 0 Å². The minimum Gasteiger partial charge on any atom is -0.314 e. The lowest BCUT2D eigenvalue weighted by atomic mass is 10.0. The second kappa shape index (κ2) is 6.14. The SMILES string of the molecule is CCC(CNC(C)C)Cc1cscn1. The average Bonchev–Trinajstić information content (AvgIpc) is 2.64. The first-order valence-electron chi connectivity index (χ1n) is 5.32. The predicted molar refractivity (Wildman–Crippen MR) is 62.7 cm³/mol. The second-order valence-corrected chi connectivity index (χ2v) is 4.74. The Kier molecular flexibility index (Phi) is 5.12. The van der Waals surface area contributed by atoms with Crippen LogP contribution >= 0.6 is 11.3 Å². The number of aromatic nitrogens is 1. The Morgan fingerprint density at radius 1 is 1.50 bits per heavy atom. The van der Waals surface area contributed by atoms with E-state index in [1.807, 2.05) is 5.51 Å². The van der Waals surface area contributed by atoms with E-state index in [1.54, 1.807) is 11.3 Å². The van der Waals surface area contributed by atoms with Gasteiger partial charge in [-0.25, -0.2) is 4.98 Å². The molecule has 1 aromatic rings. The molecule has 0 radical (unpaired) electrons. The van der Waals surface area contributed by atoms with Crippen LogP contribution in [0.25, 0.3) is 0 Å². The summed E-state index contributed by atoms with van der Waals surface area (Å²) in [6.07, 6.45) is 2.33. The van der Waals surface area contributed by atoms with E-state index < -0.39 is 0 Å². The molecule has 0 aliphatic rings. The summed E-state index contributed by atoms with van der Waals surface area (Å²) >= 11 is 1.68. The molecule has 1 unspecified atom stereocenters. The van der Waals surface area contributed by atoms with Gasteiger partial charge in [-0.15, -0.1) is 11.3 Å². The molecule has 1 N–H and O–H groups in total. The van der Waals surface area contributed by atoms with Crippen molar-refractivity contribution in [3.05, 3.63) is 16.6 Å². The van der Waals surface area contributed by atoms with Crippen molar-refractivity contribution in [1.82, 2.24) is 10.3 Å². The van der Waals surface area contributed by atoms with Crippen molar-refractivity contribution < 1.29 is 0 Å². The van der Waals surface area contributed by atoms with Crippen molar-refractivity contribution in [3.8, 4) is 0 Å². The van der Waals surface area contributed by atoms with Crippen molar-refractivity contribution >= 4 is 11.3 Å². The first kappa shape index (κ1) is 11.7. The normalized spacial score (nSPS) is 13.4. The predicted octanol–water partition coefficient (Wildman–Crippen LogP) is 2.71. The number of thiazole rings is 1. The van der Waals surface area contributed by atoms with Crippen molar-refractivity contribution in [2.45, 2.75) is 39.7 Å². The number of hydrogen-bond donors (Lipinski definition) is 1. The molecule has 0 saturated heterocycles. The maximum absolute atomic E-state index is 4.32. The summed E-state index contributed by atoms with van der Waals surface area (Å²) in [5, 5.41) is 5.64. The standard InChI is InChI=1S/C11H20N2S/c1-4-10(6-12-9(2)3)5-11-7-14-8-13-11/h7-10,12H,4-6H2,1-3H3. The largest absolute Gasteiger partial charge is 0.314 e. The van der Waals surface area contributed by atoms with Crippen molar-refractivity contribution in [1.29, 1.82) is 0 Å². The van der Waals surface area contributed by atoms with Crippen LogP contribution in [-0.4, -0.2) is 17.6 Å². The molecule has 1 aromatic heterocycles. The van der Waals surface area contributed by atoms with Gasteiger partial charge in [-0.1, -0.05) is 27.2 Å². The Morgan fingerprint density at radius 2 is 2.29 bits per heavy atom. The quantitative estimate of drug-likeness (QED) is 0.784. The highest BCUT2D eigenvalue weighted by Gasteiger charge is 2.08. The molecule has 0 bridgehead atoms. The van der Waals surface area contributed by atoms with E-state index >= 15 is 0 Å². The fourth-order valence-electron chi connectivity index (χ4n) is 1.40. The van der Waals surface area contributed by atoms with Gasteiger partial charge in [-0.2, -0.15) is 0 Å². The van der Waals surface area contributed by atoms with E-state index in [-0.39, 0.29) is 0 Å². The van der Waals surface area contributed by atoms with Gasteiger partial charge < -0.3 is 5.32 Å². The molecule has 1 atom stereocenters. The minimum absolute atomic E-state index is 0.583. The lowest BCUT2D eigenvalue weighted by Gasteiger charge is -2.16. The van der Waals surface area contributed by atoms with Gasteiger partial charge in [0.1, 0.15) is 0 Å². The summed E-state index contributed by atoms with van der Waals surface area (Å²) in [6, 6.07) is 0.583. The third kappa shape index (κ3) is 4.20. The molecule has 0 fully saturated rings. The number of rotatable bonds is 6. The van der Waals surface area contributed by atoms with Crippen LogP contribution < -0.4 is 5.32 Å². The van der Waals surface area contributed by atoms with Crippen LogP contribution in [0.15, 0.2) is 10.9 Å². The Morgan fingerprint density at radius 3 is 2.79 bits per heavy atom. The lowest BCUT2D eigenvalue weighted by molar-refractivity contribution is 0.433. The Hall–Kier alpha value is -0.410. The van der Waals surface area contributed by atoms with E-state index in [0.29, 0.717) is 6.04 Å². The first-order chi connectivity index (χ1) is 6.72. The molecule has 1 heterocycles. The summed E-state index contributed by atoms with van der Waals surface area (Å²) in [5.41, 5.74) is 3.16. The molecule has 14 heavy (non-hydrogen) atoms. The van der Waals surface area contributed by atoms with Gasteiger partial charge in [0.25, 0.3) is 0 Å². The topological polar surface area (TPSA) is 24.9 Å². The molecule has 0 aromatic carbocycles.